The number of hydrogen-bond donors (Lipinski definition) is 2. The first-order valence-electron chi connectivity index (χ1n) is 7.82. The van der Waals surface area contributed by atoms with Crippen LogP contribution in [0, 0.1) is 18.8 Å². The lowest BCUT2D eigenvalue weighted by Crippen LogP contribution is -2.27. The summed E-state index contributed by atoms with van der Waals surface area (Å²) >= 11 is 0. The van der Waals surface area contributed by atoms with E-state index in [4.69, 9.17) is 0 Å². The van der Waals surface area contributed by atoms with Crippen LogP contribution in [0.5, 0.6) is 0 Å². The van der Waals surface area contributed by atoms with Crippen LogP contribution in [-0.2, 0) is 16.1 Å². The number of amides is 2. The molecule has 0 aliphatic heterocycles. The highest BCUT2D eigenvalue weighted by molar-refractivity contribution is 5.99. The fourth-order valence-corrected chi connectivity index (χ4v) is 2.65. The topological polar surface area (TPSA) is 58.2 Å². The maximum absolute atomic E-state index is 12.2. The van der Waals surface area contributed by atoms with Crippen molar-refractivity contribution in [3.05, 3.63) is 65.7 Å². The molecule has 0 aromatic heterocycles. The van der Waals surface area contributed by atoms with Crippen molar-refractivity contribution in [3.8, 4) is 0 Å². The van der Waals surface area contributed by atoms with Gasteiger partial charge in [0.2, 0.25) is 11.8 Å². The molecule has 0 saturated heterocycles. The lowest BCUT2D eigenvalue weighted by molar-refractivity contribution is -0.125. The smallest absolute Gasteiger partial charge is 0.228 e. The number of anilines is 1. The molecule has 1 fully saturated rings. The van der Waals surface area contributed by atoms with Gasteiger partial charge in [-0.25, -0.2) is 0 Å². The summed E-state index contributed by atoms with van der Waals surface area (Å²) in [5, 5.41) is 5.78. The highest BCUT2D eigenvalue weighted by atomic mass is 16.2. The van der Waals surface area contributed by atoms with Crippen LogP contribution in [0.4, 0.5) is 5.69 Å². The minimum absolute atomic E-state index is 0.0433. The normalized spacial score (nSPS) is 19.0. The van der Waals surface area contributed by atoms with Crippen LogP contribution in [-0.4, -0.2) is 11.8 Å². The molecule has 1 aliphatic carbocycles. The Balaban J connectivity index is 1.48. The first-order valence-corrected chi connectivity index (χ1v) is 7.82. The fourth-order valence-electron chi connectivity index (χ4n) is 2.65. The van der Waals surface area contributed by atoms with Gasteiger partial charge in [-0.15, -0.1) is 0 Å². The van der Waals surface area contributed by atoms with Gasteiger partial charge in [0.05, 0.1) is 11.8 Å². The van der Waals surface area contributed by atoms with Crippen LogP contribution in [0.2, 0.25) is 0 Å². The Hall–Kier alpha value is -2.62. The number of carbonyl (C=O) groups excluding carboxylic acids is 2. The summed E-state index contributed by atoms with van der Waals surface area (Å²) in [4.78, 5) is 24.3. The molecule has 2 atom stereocenters. The number of hydrogen-bond acceptors (Lipinski definition) is 2. The zero-order chi connectivity index (χ0) is 16.2. The zero-order valence-corrected chi connectivity index (χ0v) is 13.1. The number of carbonyl (C=O) groups is 2. The van der Waals surface area contributed by atoms with Crippen molar-refractivity contribution in [1.82, 2.24) is 5.32 Å². The summed E-state index contributed by atoms with van der Waals surface area (Å²) in [6, 6.07) is 17.4. The summed E-state index contributed by atoms with van der Waals surface area (Å²) in [6.07, 6.45) is 0.623. The van der Waals surface area contributed by atoms with Gasteiger partial charge in [-0.2, -0.15) is 0 Å². The van der Waals surface area contributed by atoms with Crippen LogP contribution >= 0.6 is 0 Å². The van der Waals surface area contributed by atoms with Gasteiger partial charge in [-0.3, -0.25) is 9.59 Å². The summed E-state index contributed by atoms with van der Waals surface area (Å²) in [5.74, 6) is -0.538. The lowest BCUT2D eigenvalue weighted by Gasteiger charge is -2.07. The number of benzene rings is 2. The van der Waals surface area contributed by atoms with Gasteiger partial charge in [0.1, 0.15) is 0 Å². The molecule has 2 aromatic carbocycles. The van der Waals surface area contributed by atoms with E-state index in [1.165, 1.54) is 0 Å². The molecule has 0 radical (unpaired) electrons. The number of nitrogens with one attached hydrogen (secondary N) is 2. The highest BCUT2D eigenvalue weighted by Crippen LogP contribution is 2.39. The van der Waals surface area contributed by atoms with Crippen molar-refractivity contribution in [2.45, 2.75) is 19.9 Å². The van der Waals surface area contributed by atoms with E-state index in [2.05, 4.69) is 10.6 Å². The van der Waals surface area contributed by atoms with Crippen molar-refractivity contribution in [2.24, 2.45) is 11.8 Å². The van der Waals surface area contributed by atoms with E-state index < -0.39 is 0 Å². The molecule has 118 valence electrons. The summed E-state index contributed by atoms with van der Waals surface area (Å²) in [7, 11) is 0. The summed E-state index contributed by atoms with van der Waals surface area (Å²) < 4.78 is 0. The standard InChI is InChI=1S/C19H20N2O2/c1-13-6-5-9-15(10-13)21-19(23)17-11-16(17)18(22)20-12-14-7-3-2-4-8-14/h2-10,16-17H,11-12H2,1H3,(H,20,22)(H,21,23). The predicted octanol–water partition coefficient (Wildman–Crippen LogP) is 2.89. The number of rotatable bonds is 5. The van der Waals surface area contributed by atoms with Crippen molar-refractivity contribution < 1.29 is 9.59 Å². The monoisotopic (exact) mass is 308 g/mol. The maximum atomic E-state index is 12.2. The quantitative estimate of drug-likeness (QED) is 0.892. The van der Waals surface area contributed by atoms with Gasteiger partial charge in [0.25, 0.3) is 0 Å². The third kappa shape index (κ3) is 3.97. The van der Waals surface area contributed by atoms with Gasteiger partial charge in [-0.05, 0) is 36.6 Å². The van der Waals surface area contributed by atoms with E-state index in [0.29, 0.717) is 13.0 Å². The maximum Gasteiger partial charge on any atom is 0.228 e. The van der Waals surface area contributed by atoms with E-state index in [0.717, 1.165) is 16.8 Å². The van der Waals surface area contributed by atoms with Gasteiger partial charge in [-0.1, -0.05) is 42.5 Å². The second-order valence-corrected chi connectivity index (χ2v) is 6.01. The average molecular weight is 308 g/mol. The second-order valence-electron chi connectivity index (χ2n) is 6.01. The molecule has 2 amide bonds. The lowest BCUT2D eigenvalue weighted by atomic mass is 10.2. The summed E-state index contributed by atoms with van der Waals surface area (Å²) in [5.41, 5.74) is 2.93. The SMILES string of the molecule is Cc1cccc(NC(=O)C2CC2C(=O)NCc2ccccc2)c1. The van der Waals surface area contributed by atoms with Crippen molar-refractivity contribution in [2.75, 3.05) is 5.32 Å². The van der Waals surface area contributed by atoms with Gasteiger partial charge in [0.15, 0.2) is 0 Å². The first-order chi connectivity index (χ1) is 11.1. The van der Waals surface area contributed by atoms with Crippen LogP contribution in [0.25, 0.3) is 0 Å². The molecule has 4 nitrogen and oxygen atoms in total. The van der Waals surface area contributed by atoms with Crippen molar-refractivity contribution in [1.29, 1.82) is 0 Å². The molecular formula is C19H20N2O2. The van der Waals surface area contributed by atoms with Crippen molar-refractivity contribution in [3.63, 3.8) is 0 Å². The van der Waals surface area contributed by atoms with Crippen LogP contribution < -0.4 is 10.6 Å². The van der Waals surface area contributed by atoms with Gasteiger partial charge >= 0.3 is 0 Å². The average Bonchev–Trinajstić information content (AvgIpc) is 3.34. The minimum atomic E-state index is -0.216. The Morgan fingerprint density at radius 2 is 1.74 bits per heavy atom. The minimum Gasteiger partial charge on any atom is -0.352 e. The molecule has 0 bridgehead atoms. The third-order valence-corrected chi connectivity index (χ3v) is 4.06. The second kappa shape index (κ2) is 6.65. The molecule has 2 aromatic rings. The Morgan fingerprint density at radius 3 is 2.48 bits per heavy atom. The fraction of sp³-hybridized carbons (Fsp3) is 0.263. The molecule has 2 unspecified atom stereocenters. The molecular weight excluding hydrogens is 288 g/mol. The Labute approximate surface area is 135 Å². The molecule has 4 heteroatoms. The van der Waals surface area contributed by atoms with Crippen molar-refractivity contribution >= 4 is 17.5 Å². The van der Waals surface area contributed by atoms with E-state index in [9.17, 15) is 9.59 Å². The number of aryl methyl sites for hydroxylation is 1. The third-order valence-electron chi connectivity index (χ3n) is 4.06. The van der Waals surface area contributed by atoms with E-state index >= 15 is 0 Å². The molecule has 23 heavy (non-hydrogen) atoms. The molecule has 0 heterocycles. The zero-order valence-electron chi connectivity index (χ0n) is 13.1. The van der Waals surface area contributed by atoms with E-state index in [1.807, 2.05) is 61.5 Å². The molecule has 2 N–H and O–H groups in total. The molecule has 1 saturated carbocycles. The Kier molecular flexibility index (Phi) is 4.42. The first kappa shape index (κ1) is 15.3. The van der Waals surface area contributed by atoms with Crippen LogP contribution in [0.1, 0.15) is 17.5 Å². The highest BCUT2D eigenvalue weighted by Gasteiger charge is 2.47. The van der Waals surface area contributed by atoms with E-state index in [-0.39, 0.29) is 23.7 Å². The predicted molar refractivity (Wildman–Crippen MR) is 89.7 cm³/mol. The Bertz CT molecular complexity index is 712. The van der Waals surface area contributed by atoms with Gasteiger partial charge in [0, 0.05) is 12.2 Å². The van der Waals surface area contributed by atoms with Gasteiger partial charge < -0.3 is 10.6 Å². The molecule has 1 aliphatic rings. The van der Waals surface area contributed by atoms with Crippen LogP contribution in [0.15, 0.2) is 54.6 Å². The Morgan fingerprint density at radius 1 is 1.00 bits per heavy atom. The largest absolute Gasteiger partial charge is 0.352 e. The molecule has 0 spiro atoms. The van der Waals surface area contributed by atoms with E-state index in [1.54, 1.807) is 0 Å². The van der Waals surface area contributed by atoms with Crippen LogP contribution in [0.3, 0.4) is 0 Å². The molecule has 3 rings (SSSR count). The summed E-state index contributed by atoms with van der Waals surface area (Å²) in [6.45, 7) is 2.48.